The van der Waals surface area contributed by atoms with Gasteiger partial charge in [0.25, 0.3) is 0 Å². The van der Waals surface area contributed by atoms with Crippen LogP contribution < -0.4 is 14.8 Å². The fraction of sp³-hybridized carbons (Fsp3) is 0.350. The SMILES string of the molecule is CCOc1cc(CNCCSc2nnnn2C)c(Br)cc1OCc1ccccc1. The van der Waals surface area contributed by atoms with Crippen molar-refractivity contribution in [1.29, 1.82) is 0 Å². The smallest absolute Gasteiger partial charge is 0.209 e. The molecular weight excluding hydrogens is 454 g/mol. The fourth-order valence-electron chi connectivity index (χ4n) is 2.61. The van der Waals surface area contributed by atoms with Gasteiger partial charge in [-0.25, -0.2) is 4.68 Å². The van der Waals surface area contributed by atoms with E-state index in [9.17, 15) is 0 Å². The Balaban J connectivity index is 1.55. The van der Waals surface area contributed by atoms with Gasteiger partial charge in [-0.1, -0.05) is 58.0 Å². The summed E-state index contributed by atoms with van der Waals surface area (Å²) < 4.78 is 14.5. The molecule has 0 bridgehead atoms. The van der Waals surface area contributed by atoms with Crippen LogP contribution in [-0.2, 0) is 20.2 Å². The molecule has 0 saturated carbocycles. The van der Waals surface area contributed by atoms with Crippen molar-refractivity contribution in [3.05, 3.63) is 58.1 Å². The molecule has 0 atom stereocenters. The Labute approximate surface area is 183 Å². The number of nitrogens with one attached hydrogen (secondary N) is 1. The fourth-order valence-corrected chi connectivity index (χ4v) is 3.82. The maximum atomic E-state index is 6.01. The number of hydrogen-bond donors (Lipinski definition) is 1. The van der Waals surface area contributed by atoms with Gasteiger partial charge in [-0.3, -0.25) is 0 Å². The van der Waals surface area contributed by atoms with Gasteiger partial charge < -0.3 is 14.8 Å². The Hall–Kier alpha value is -2.10. The second-order valence-corrected chi connectivity index (χ2v) is 8.12. The summed E-state index contributed by atoms with van der Waals surface area (Å²) >= 11 is 5.28. The van der Waals surface area contributed by atoms with Crippen LogP contribution in [0.4, 0.5) is 0 Å². The molecule has 0 aliphatic rings. The highest BCUT2D eigenvalue weighted by Crippen LogP contribution is 2.34. The Bertz CT molecular complexity index is 907. The van der Waals surface area contributed by atoms with Crippen molar-refractivity contribution in [1.82, 2.24) is 25.5 Å². The number of rotatable bonds is 11. The number of aromatic nitrogens is 4. The van der Waals surface area contributed by atoms with Crippen molar-refractivity contribution in [2.75, 3.05) is 18.9 Å². The Morgan fingerprint density at radius 1 is 1.14 bits per heavy atom. The minimum Gasteiger partial charge on any atom is -0.490 e. The van der Waals surface area contributed by atoms with Gasteiger partial charge in [-0.2, -0.15) is 0 Å². The lowest BCUT2D eigenvalue weighted by Crippen LogP contribution is -2.17. The maximum Gasteiger partial charge on any atom is 0.209 e. The number of benzene rings is 2. The summed E-state index contributed by atoms with van der Waals surface area (Å²) in [5.74, 6) is 2.36. The second kappa shape index (κ2) is 11.2. The summed E-state index contributed by atoms with van der Waals surface area (Å²) in [5.41, 5.74) is 2.23. The number of tetrazole rings is 1. The largest absolute Gasteiger partial charge is 0.490 e. The number of thioether (sulfide) groups is 1. The maximum absolute atomic E-state index is 6.01. The van der Waals surface area contributed by atoms with E-state index < -0.39 is 0 Å². The molecule has 0 aliphatic heterocycles. The highest BCUT2D eigenvalue weighted by molar-refractivity contribution is 9.10. The van der Waals surface area contributed by atoms with E-state index in [-0.39, 0.29) is 0 Å². The molecule has 0 radical (unpaired) electrons. The van der Waals surface area contributed by atoms with Crippen LogP contribution in [0.5, 0.6) is 11.5 Å². The van der Waals surface area contributed by atoms with Gasteiger partial charge in [0.05, 0.1) is 6.61 Å². The van der Waals surface area contributed by atoms with E-state index >= 15 is 0 Å². The highest BCUT2D eigenvalue weighted by Gasteiger charge is 2.11. The molecule has 9 heteroatoms. The average Bonchev–Trinajstić information content (AvgIpc) is 3.14. The lowest BCUT2D eigenvalue weighted by atomic mass is 10.2. The third-order valence-electron chi connectivity index (χ3n) is 4.06. The summed E-state index contributed by atoms with van der Waals surface area (Å²) in [6.07, 6.45) is 0. The molecule has 0 spiro atoms. The summed E-state index contributed by atoms with van der Waals surface area (Å²) in [6, 6.07) is 14.1. The van der Waals surface area contributed by atoms with E-state index in [0.717, 1.165) is 51.1 Å². The third-order valence-corrected chi connectivity index (χ3v) is 5.81. The predicted octanol–water partition coefficient (Wildman–Crippen LogP) is 3.83. The molecule has 1 N–H and O–H groups in total. The van der Waals surface area contributed by atoms with Crippen molar-refractivity contribution in [2.24, 2.45) is 7.05 Å². The zero-order chi connectivity index (χ0) is 20.5. The van der Waals surface area contributed by atoms with Crippen LogP contribution >= 0.6 is 27.7 Å². The third kappa shape index (κ3) is 6.45. The van der Waals surface area contributed by atoms with Crippen LogP contribution in [-0.4, -0.2) is 39.1 Å². The van der Waals surface area contributed by atoms with E-state index in [1.54, 1.807) is 16.4 Å². The molecular formula is C20H24BrN5O2S. The summed E-state index contributed by atoms with van der Waals surface area (Å²) in [5, 5.41) is 15.7. The number of aryl methyl sites for hydroxylation is 1. The molecule has 29 heavy (non-hydrogen) atoms. The lowest BCUT2D eigenvalue weighted by molar-refractivity contribution is 0.269. The van der Waals surface area contributed by atoms with E-state index in [1.165, 1.54) is 0 Å². The van der Waals surface area contributed by atoms with Crippen LogP contribution in [0.15, 0.2) is 52.1 Å². The molecule has 3 rings (SSSR count). The lowest BCUT2D eigenvalue weighted by Gasteiger charge is -2.15. The van der Waals surface area contributed by atoms with Gasteiger partial charge >= 0.3 is 0 Å². The predicted molar refractivity (Wildman–Crippen MR) is 117 cm³/mol. The van der Waals surface area contributed by atoms with E-state index in [0.29, 0.717) is 13.2 Å². The Kier molecular flexibility index (Phi) is 8.33. The zero-order valence-corrected chi connectivity index (χ0v) is 18.9. The standard InChI is InChI=1S/C20H24BrN5O2S/c1-3-27-18-11-16(13-22-9-10-29-20-23-24-25-26(20)2)17(21)12-19(18)28-14-15-7-5-4-6-8-15/h4-8,11-12,22H,3,9-10,13-14H2,1-2H3. The molecule has 0 saturated heterocycles. The Morgan fingerprint density at radius 2 is 1.93 bits per heavy atom. The van der Waals surface area contributed by atoms with Gasteiger partial charge in [0.15, 0.2) is 11.5 Å². The summed E-state index contributed by atoms with van der Waals surface area (Å²) in [6.45, 7) is 4.61. The number of halogens is 1. The first kappa shape index (κ1) is 21.6. The number of nitrogens with zero attached hydrogens (tertiary/aromatic N) is 4. The van der Waals surface area contributed by atoms with Gasteiger partial charge in [0.1, 0.15) is 6.61 Å². The van der Waals surface area contributed by atoms with Crippen LogP contribution in [0.3, 0.4) is 0 Å². The molecule has 0 fully saturated rings. The van der Waals surface area contributed by atoms with Gasteiger partial charge in [0, 0.05) is 30.4 Å². The van der Waals surface area contributed by atoms with Gasteiger partial charge in [-0.05, 0) is 40.6 Å². The van der Waals surface area contributed by atoms with Crippen LogP contribution in [0, 0.1) is 0 Å². The zero-order valence-electron chi connectivity index (χ0n) is 16.5. The minimum absolute atomic E-state index is 0.499. The minimum atomic E-state index is 0.499. The van der Waals surface area contributed by atoms with Crippen molar-refractivity contribution < 1.29 is 9.47 Å². The van der Waals surface area contributed by atoms with Gasteiger partial charge in [-0.15, -0.1) is 5.10 Å². The molecule has 2 aromatic carbocycles. The molecule has 0 aliphatic carbocycles. The summed E-state index contributed by atoms with van der Waals surface area (Å²) in [7, 11) is 1.84. The molecule has 7 nitrogen and oxygen atoms in total. The van der Waals surface area contributed by atoms with Crippen LogP contribution in [0.1, 0.15) is 18.1 Å². The molecule has 0 amide bonds. The average molecular weight is 478 g/mol. The second-order valence-electron chi connectivity index (χ2n) is 6.21. The first-order chi connectivity index (χ1) is 14.2. The van der Waals surface area contributed by atoms with E-state index in [1.807, 2.05) is 56.4 Å². The van der Waals surface area contributed by atoms with Crippen LogP contribution in [0.25, 0.3) is 0 Å². The Morgan fingerprint density at radius 3 is 2.66 bits per heavy atom. The van der Waals surface area contributed by atoms with E-state index in [2.05, 4.69) is 36.8 Å². The molecule has 3 aromatic rings. The first-order valence-corrected chi connectivity index (χ1v) is 11.1. The molecule has 0 unspecified atom stereocenters. The van der Waals surface area contributed by atoms with E-state index in [4.69, 9.17) is 9.47 Å². The van der Waals surface area contributed by atoms with Crippen molar-refractivity contribution in [2.45, 2.75) is 25.2 Å². The van der Waals surface area contributed by atoms with Crippen molar-refractivity contribution in [3.8, 4) is 11.5 Å². The summed E-state index contributed by atoms with van der Waals surface area (Å²) in [4.78, 5) is 0. The molecule has 1 aromatic heterocycles. The van der Waals surface area contributed by atoms with Gasteiger partial charge in [0.2, 0.25) is 5.16 Å². The monoisotopic (exact) mass is 477 g/mol. The molecule has 1 heterocycles. The molecule has 154 valence electrons. The van der Waals surface area contributed by atoms with Crippen molar-refractivity contribution >= 4 is 27.7 Å². The highest BCUT2D eigenvalue weighted by atomic mass is 79.9. The number of hydrogen-bond acceptors (Lipinski definition) is 7. The quantitative estimate of drug-likeness (QED) is 0.332. The topological polar surface area (TPSA) is 74.1 Å². The normalized spacial score (nSPS) is 10.9. The van der Waals surface area contributed by atoms with Crippen molar-refractivity contribution in [3.63, 3.8) is 0 Å². The van der Waals surface area contributed by atoms with Crippen LogP contribution in [0.2, 0.25) is 0 Å². The number of ether oxygens (including phenoxy) is 2. The first-order valence-electron chi connectivity index (χ1n) is 9.35.